The highest BCUT2D eigenvalue weighted by molar-refractivity contribution is 5.78. The lowest BCUT2D eigenvalue weighted by Gasteiger charge is -2.28. The molecule has 0 radical (unpaired) electrons. The fourth-order valence-corrected chi connectivity index (χ4v) is 3.51. The van der Waals surface area contributed by atoms with Crippen molar-refractivity contribution in [3.8, 4) is 0 Å². The van der Waals surface area contributed by atoms with Gasteiger partial charge >= 0.3 is 0 Å². The van der Waals surface area contributed by atoms with Crippen LogP contribution in [0.1, 0.15) is 58.8 Å². The van der Waals surface area contributed by atoms with Crippen LogP contribution in [0, 0.1) is 0 Å². The Bertz CT molecular complexity index is 313. The van der Waals surface area contributed by atoms with Crippen molar-refractivity contribution in [2.45, 2.75) is 70.9 Å². The predicted molar refractivity (Wildman–Crippen MR) is 87.4 cm³/mol. The van der Waals surface area contributed by atoms with E-state index < -0.39 is 0 Å². The van der Waals surface area contributed by atoms with E-state index in [1.165, 1.54) is 19.3 Å². The molecular formula is C17H33N3O. The van der Waals surface area contributed by atoms with Crippen LogP contribution < -0.4 is 5.32 Å². The van der Waals surface area contributed by atoms with E-state index in [9.17, 15) is 4.79 Å². The van der Waals surface area contributed by atoms with Gasteiger partial charge in [0.25, 0.3) is 0 Å². The van der Waals surface area contributed by atoms with Gasteiger partial charge in [-0.2, -0.15) is 0 Å². The van der Waals surface area contributed by atoms with Gasteiger partial charge in [-0.25, -0.2) is 0 Å². The topological polar surface area (TPSA) is 35.6 Å². The van der Waals surface area contributed by atoms with Crippen LogP contribution in [0.5, 0.6) is 0 Å². The first-order chi connectivity index (χ1) is 10.2. The number of fused-ring (bicyclic) bond motifs is 2. The third-order valence-electron chi connectivity index (χ3n) is 4.88. The highest BCUT2D eigenvalue weighted by atomic mass is 16.2. The Morgan fingerprint density at radius 3 is 2.43 bits per heavy atom. The van der Waals surface area contributed by atoms with Gasteiger partial charge in [-0.1, -0.05) is 26.7 Å². The van der Waals surface area contributed by atoms with Crippen LogP contribution in [0.15, 0.2) is 0 Å². The average Bonchev–Trinajstić information content (AvgIpc) is 2.81. The lowest BCUT2D eigenvalue weighted by molar-refractivity contribution is -0.132. The number of hydrogen-bond donors (Lipinski definition) is 1. The second-order valence-corrected chi connectivity index (χ2v) is 6.75. The number of nitrogens with zero attached hydrogens (tertiary/aromatic N) is 2. The summed E-state index contributed by atoms with van der Waals surface area (Å²) < 4.78 is 0. The summed E-state index contributed by atoms with van der Waals surface area (Å²) in [4.78, 5) is 17.1. The van der Waals surface area contributed by atoms with Crippen LogP contribution in [-0.2, 0) is 4.79 Å². The molecule has 4 heteroatoms. The number of likely N-dealkylation sites (tertiary alicyclic amines) is 1. The van der Waals surface area contributed by atoms with Gasteiger partial charge < -0.3 is 10.2 Å². The summed E-state index contributed by atoms with van der Waals surface area (Å²) in [5, 5.41) is 3.69. The molecule has 2 aliphatic rings. The monoisotopic (exact) mass is 295 g/mol. The van der Waals surface area contributed by atoms with Crippen molar-refractivity contribution in [2.24, 2.45) is 0 Å². The van der Waals surface area contributed by atoms with E-state index in [2.05, 4.69) is 29.0 Å². The number of nitrogens with one attached hydrogen (secondary N) is 1. The zero-order valence-electron chi connectivity index (χ0n) is 13.9. The standard InChI is InChI=1S/C17H33N3O/c1-3-5-10-20(11-6-4-2)17(21)14-19-12-9-15-7-8-16(13-19)18-15/h15-16,18H,3-14H2,1-2H3. The number of carbonyl (C=O) groups is 1. The lowest BCUT2D eigenvalue weighted by atomic mass is 10.1. The van der Waals surface area contributed by atoms with E-state index in [0.29, 0.717) is 24.5 Å². The van der Waals surface area contributed by atoms with Crippen molar-refractivity contribution in [3.05, 3.63) is 0 Å². The third kappa shape index (κ3) is 5.26. The largest absolute Gasteiger partial charge is 0.342 e. The molecule has 1 N–H and O–H groups in total. The van der Waals surface area contributed by atoms with Crippen LogP contribution in [0.3, 0.4) is 0 Å². The molecule has 21 heavy (non-hydrogen) atoms. The van der Waals surface area contributed by atoms with Gasteiger partial charge in [0.2, 0.25) is 5.91 Å². The molecule has 1 amide bonds. The minimum absolute atomic E-state index is 0.342. The zero-order valence-corrected chi connectivity index (χ0v) is 13.9. The molecule has 0 aromatic rings. The Morgan fingerprint density at radius 2 is 1.76 bits per heavy atom. The molecule has 0 aliphatic carbocycles. The van der Waals surface area contributed by atoms with Crippen molar-refractivity contribution < 1.29 is 4.79 Å². The molecule has 122 valence electrons. The Kier molecular flexibility index (Phi) is 6.97. The number of hydrogen-bond acceptors (Lipinski definition) is 3. The second-order valence-electron chi connectivity index (χ2n) is 6.75. The molecule has 4 nitrogen and oxygen atoms in total. The maximum Gasteiger partial charge on any atom is 0.236 e. The number of carbonyl (C=O) groups excluding carboxylic acids is 1. The normalized spacial score (nSPS) is 25.8. The average molecular weight is 295 g/mol. The summed E-state index contributed by atoms with van der Waals surface area (Å²) in [6.45, 7) is 9.02. The van der Waals surface area contributed by atoms with Crippen LogP contribution >= 0.6 is 0 Å². The van der Waals surface area contributed by atoms with Gasteiger partial charge in [-0.15, -0.1) is 0 Å². The fourth-order valence-electron chi connectivity index (χ4n) is 3.51. The molecule has 0 aromatic carbocycles. The summed E-state index contributed by atoms with van der Waals surface area (Å²) in [6.07, 6.45) is 8.38. The molecule has 2 saturated heterocycles. The van der Waals surface area contributed by atoms with E-state index in [1.54, 1.807) is 0 Å². The fraction of sp³-hybridized carbons (Fsp3) is 0.941. The highest BCUT2D eigenvalue weighted by Gasteiger charge is 2.30. The summed E-state index contributed by atoms with van der Waals surface area (Å²) in [7, 11) is 0. The molecule has 0 saturated carbocycles. The molecule has 2 fully saturated rings. The Hall–Kier alpha value is -0.610. The highest BCUT2D eigenvalue weighted by Crippen LogP contribution is 2.20. The van der Waals surface area contributed by atoms with Crippen molar-refractivity contribution >= 4 is 5.91 Å². The van der Waals surface area contributed by atoms with E-state index in [1.807, 2.05) is 0 Å². The van der Waals surface area contributed by atoms with E-state index >= 15 is 0 Å². The van der Waals surface area contributed by atoms with Gasteiger partial charge in [0, 0.05) is 38.3 Å². The minimum Gasteiger partial charge on any atom is -0.342 e. The number of unbranched alkanes of at least 4 members (excludes halogenated alkanes) is 2. The van der Waals surface area contributed by atoms with E-state index in [0.717, 1.165) is 51.9 Å². The van der Waals surface area contributed by atoms with Gasteiger partial charge in [0.1, 0.15) is 0 Å². The van der Waals surface area contributed by atoms with Crippen molar-refractivity contribution in [1.29, 1.82) is 0 Å². The van der Waals surface area contributed by atoms with Crippen LogP contribution in [-0.4, -0.2) is 60.5 Å². The van der Waals surface area contributed by atoms with Crippen molar-refractivity contribution in [1.82, 2.24) is 15.1 Å². The SMILES string of the molecule is CCCCN(CCCC)C(=O)CN1CCC2CCC(C1)N2. The number of amides is 1. The predicted octanol–water partition coefficient (Wildman–Crippen LogP) is 2.24. The van der Waals surface area contributed by atoms with Gasteiger partial charge in [-0.3, -0.25) is 9.69 Å². The van der Waals surface area contributed by atoms with Crippen molar-refractivity contribution in [2.75, 3.05) is 32.7 Å². The molecule has 2 unspecified atom stereocenters. The summed E-state index contributed by atoms with van der Waals surface area (Å²) in [5.74, 6) is 0.342. The van der Waals surface area contributed by atoms with E-state index in [-0.39, 0.29) is 0 Å². The summed E-state index contributed by atoms with van der Waals surface area (Å²) >= 11 is 0. The first-order valence-electron chi connectivity index (χ1n) is 8.99. The molecular weight excluding hydrogens is 262 g/mol. The van der Waals surface area contributed by atoms with Crippen LogP contribution in [0.25, 0.3) is 0 Å². The molecule has 2 heterocycles. The van der Waals surface area contributed by atoms with Gasteiger partial charge in [0.15, 0.2) is 0 Å². The smallest absolute Gasteiger partial charge is 0.236 e. The number of rotatable bonds is 8. The van der Waals surface area contributed by atoms with Crippen LogP contribution in [0.4, 0.5) is 0 Å². The maximum absolute atomic E-state index is 12.6. The minimum atomic E-state index is 0.342. The quantitative estimate of drug-likeness (QED) is 0.746. The molecule has 0 aromatic heterocycles. The molecule has 2 rings (SSSR count). The second kappa shape index (κ2) is 8.74. The van der Waals surface area contributed by atoms with E-state index in [4.69, 9.17) is 0 Å². The van der Waals surface area contributed by atoms with Gasteiger partial charge in [0.05, 0.1) is 6.54 Å². The van der Waals surface area contributed by atoms with Crippen molar-refractivity contribution in [3.63, 3.8) is 0 Å². The van der Waals surface area contributed by atoms with Gasteiger partial charge in [-0.05, 0) is 32.1 Å². The molecule has 0 spiro atoms. The first kappa shape index (κ1) is 16.8. The summed E-state index contributed by atoms with van der Waals surface area (Å²) in [5.41, 5.74) is 0. The molecule has 2 bridgehead atoms. The molecule has 2 atom stereocenters. The van der Waals surface area contributed by atoms with Crippen LogP contribution in [0.2, 0.25) is 0 Å². The molecule has 2 aliphatic heterocycles. The Balaban J connectivity index is 1.81. The maximum atomic E-state index is 12.6. The summed E-state index contributed by atoms with van der Waals surface area (Å²) in [6, 6.07) is 1.32. The first-order valence-corrected chi connectivity index (χ1v) is 8.99. The Morgan fingerprint density at radius 1 is 1.10 bits per heavy atom. The third-order valence-corrected chi connectivity index (χ3v) is 4.88. The Labute approximate surface area is 130 Å². The lowest BCUT2D eigenvalue weighted by Crippen LogP contribution is -2.44. The zero-order chi connectivity index (χ0) is 15.1.